The van der Waals surface area contributed by atoms with Crippen molar-refractivity contribution in [2.75, 3.05) is 20.8 Å². The van der Waals surface area contributed by atoms with Gasteiger partial charge in [0.1, 0.15) is 12.2 Å². The lowest BCUT2D eigenvalue weighted by Gasteiger charge is -2.45. The number of aliphatic hydroxyl groups excluding tert-OH is 1. The number of rotatable bonds is 7. The lowest BCUT2D eigenvalue weighted by Crippen LogP contribution is -2.67. The molecule has 3 rings (SSSR count). The Morgan fingerprint density at radius 1 is 0.933 bits per heavy atom. The summed E-state index contributed by atoms with van der Waals surface area (Å²) in [5, 5.41) is 13.0. The maximum Gasteiger partial charge on any atom is 0.261 e. The van der Waals surface area contributed by atoms with Crippen LogP contribution in [0.4, 0.5) is 0 Å². The van der Waals surface area contributed by atoms with Gasteiger partial charge in [-0.25, -0.2) is 0 Å². The van der Waals surface area contributed by atoms with Crippen LogP contribution in [0.1, 0.15) is 27.2 Å². The summed E-state index contributed by atoms with van der Waals surface area (Å²) in [6.07, 6.45) is -1.54. The fourth-order valence-electron chi connectivity index (χ4n) is 4.39. The summed E-state index contributed by atoms with van der Waals surface area (Å²) >= 11 is 0. The molecule has 6 heteroatoms. The highest BCUT2D eigenvalue weighted by atomic mass is 28.4. The summed E-state index contributed by atoms with van der Waals surface area (Å²) in [5.74, 6) is 0. The first-order chi connectivity index (χ1) is 14.3. The SMILES string of the molecule is CO[C@H]1O[C@H](CO[Si](c2ccccc2)(c2ccccc2)C(C)(C)C)[C@@H](O)C[C@H]1OC. The van der Waals surface area contributed by atoms with Gasteiger partial charge in [0.25, 0.3) is 8.32 Å². The average molecular weight is 431 g/mol. The first-order valence-electron chi connectivity index (χ1n) is 10.5. The first-order valence-corrected chi connectivity index (χ1v) is 12.4. The zero-order chi connectivity index (χ0) is 21.8. The van der Waals surface area contributed by atoms with Crippen LogP contribution in [-0.4, -0.2) is 58.9 Å². The molecule has 2 aromatic rings. The van der Waals surface area contributed by atoms with E-state index in [2.05, 4.69) is 69.3 Å². The van der Waals surface area contributed by atoms with Crippen LogP contribution in [-0.2, 0) is 18.6 Å². The van der Waals surface area contributed by atoms with Crippen molar-refractivity contribution in [3.8, 4) is 0 Å². The van der Waals surface area contributed by atoms with Gasteiger partial charge in [0.2, 0.25) is 0 Å². The number of methoxy groups -OCH3 is 2. The Kier molecular flexibility index (Phi) is 7.50. The molecule has 1 saturated heterocycles. The molecule has 5 nitrogen and oxygen atoms in total. The average Bonchev–Trinajstić information content (AvgIpc) is 2.75. The molecular formula is C24H34O5Si. The zero-order valence-electron chi connectivity index (χ0n) is 18.6. The third-order valence-electron chi connectivity index (χ3n) is 5.93. The maximum atomic E-state index is 10.7. The Morgan fingerprint density at radius 2 is 1.47 bits per heavy atom. The van der Waals surface area contributed by atoms with Crippen LogP contribution in [0.2, 0.25) is 5.04 Å². The van der Waals surface area contributed by atoms with E-state index in [1.54, 1.807) is 14.2 Å². The highest BCUT2D eigenvalue weighted by Gasteiger charge is 2.51. The van der Waals surface area contributed by atoms with E-state index in [0.717, 1.165) is 0 Å². The molecule has 1 heterocycles. The molecule has 1 aliphatic rings. The van der Waals surface area contributed by atoms with Crippen molar-refractivity contribution < 1.29 is 23.7 Å². The summed E-state index contributed by atoms with van der Waals surface area (Å²) in [4.78, 5) is 0. The summed E-state index contributed by atoms with van der Waals surface area (Å²) in [6, 6.07) is 20.9. The minimum atomic E-state index is -2.68. The highest BCUT2D eigenvalue weighted by Crippen LogP contribution is 2.37. The minimum Gasteiger partial charge on any atom is -0.405 e. The van der Waals surface area contributed by atoms with Gasteiger partial charge in [-0.05, 0) is 15.4 Å². The molecule has 0 unspecified atom stereocenters. The molecule has 2 aromatic carbocycles. The maximum absolute atomic E-state index is 10.7. The van der Waals surface area contributed by atoms with Gasteiger partial charge in [-0.1, -0.05) is 81.4 Å². The van der Waals surface area contributed by atoms with Gasteiger partial charge in [0.15, 0.2) is 6.29 Å². The zero-order valence-corrected chi connectivity index (χ0v) is 19.6. The van der Waals surface area contributed by atoms with Crippen LogP contribution >= 0.6 is 0 Å². The molecule has 0 amide bonds. The fraction of sp³-hybridized carbons (Fsp3) is 0.500. The Bertz CT molecular complexity index is 738. The monoisotopic (exact) mass is 430 g/mol. The second-order valence-corrected chi connectivity index (χ2v) is 13.1. The molecule has 0 spiro atoms. The quantitative estimate of drug-likeness (QED) is 0.685. The van der Waals surface area contributed by atoms with Gasteiger partial charge in [0.05, 0.1) is 12.7 Å². The van der Waals surface area contributed by atoms with E-state index in [1.807, 2.05) is 12.1 Å². The predicted octanol–water partition coefficient (Wildman–Crippen LogP) is 2.70. The van der Waals surface area contributed by atoms with Crippen LogP contribution in [0.25, 0.3) is 0 Å². The van der Waals surface area contributed by atoms with Crippen molar-refractivity contribution in [3.63, 3.8) is 0 Å². The van der Waals surface area contributed by atoms with E-state index in [0.29, 0.717) is 6.42 Å². The van der Waals surface area contributed by atoms with Gasteiger partial charge >= 0.3 is 0 Å². The molecule has 0 aromatic heterocycles. The Balaban J connectivity index is 1.96. The number of hydrogen-bond donors (Lipinski definition) is 1. The molecule has 1 fully saturated rings. The smallest absolute Gasteiger partial charge is 0.261 e. The molecule has 1 aliphatic heterocycles. The van der Waals surface area contributed by atoms with Gasteiger partial charge in [-0.2, -0.15) is 0 Å². The molecule has 0 radical (unpaired) electrons. The lowest BCUT2D eigenvalue weighted by atomic mass is 10.0. The fourth-order valence-corrected chi connectivity index (χ4v) is 8.95. The van der Waals surface area contributed by atoms with E-state index in [4.69, 9.17) is 18.6 Å². The summed E-state index contributed by atoms with van der Waals surface area (Å²) < 4.78 is 23.8. The summed E-state index contributed by atoms with van der Waals surface area (Å²) in [6.45, 7) is 6.98. The molecule has 4 atom stereocenters. The van der Waals surface area contributed by atoms with Crippen LogP contribution in [0.5, 0.6) is 0 Å². The van der Waals surface area contributed by atoms with Crippen LogP contribution in [0, 0.1) is 0 Å². The Morgan fingerprint density at radius 3 is 1.90 bits per heavy atom. The van der Waals surface area contributed by atoms with Crippen molar-refractivity contribution in [1.29, 1.82) is 0 Å². The van der Waals surface area contributed by atoms with Gasteiger partial charge in [-0.3, -0.25) is 0 Å². The third kappa shape index (κ3) is 4.54. The van der Waals surface area contributed by atoms with Crippen LogP contribution in [0.3, 0.4) is 0 Å². The molecule has 0 bridgehead atoms. The van der Waals surface area contributed by atoms with Crippen LogP contribution < -0.4 is 10.4 Å². The van der Waals surface area contributed by atoms with Crippen molar-refractivity contribution in [1.82, 2.24) is 0 Å². The molecule has 30 heavy (non-hydrogen) atoms. The standard InChI is InChI=1S/C24H34O5Si/c1-24(2,3)30(18-12-8-6-9-13-18,19-14-10-7-11-15-19)28-17-22-20(25)16-21(26-4)23(27-5)29-22/h6-15,20-23,25H,16-17H2,1-5H3/t20-,21+,22+,23-/m0/s1. The van der Waals surface area contributed by atoms with Crippen molar-refractivity contribution in [2.45, 2.75) is 56.8 Å². The van der Waals surface area contributed by atoms with Crippen molar-refractivity contribution in [2.24, 2.45) is 0 Å². The number of ether oxygens (including phenoxy) is 3. The van der Waals surface area contributed by atoms with Crippen molar-refractivity contribution in [3.05, 3.63) is 60.7 Å². The lowest BCUT2D eigenvalue weighted by molar-refractivity contribution is -0.265. The van der Waals surface area contributed by atoms with Crippen molar-refractivity contribution >= 4 is 18.7 Å². The summed E-state index contributed by atoms with van der Waals surface area (Å²) in [5.41, 5.74) is 0. The van der Waals surface area contributed by atoms with Gasteiger partial charge < -0.3 is 23.7 Å². The van der Waals surface area contributed by atoms with E-state index >= 15 is 0 Å². The van der Waals surface area contributed by atoms with E-state index in [-0.39, 0.29) is 17.7 Å². The van der Waals surface area contributed by atoms with E-state index in [9.17, 15) is 5.11 Å². The number of hydrogen-bond acceptors (Lipinski definition) is 5. The topological polar surface area (TPSA) is 57.2 Å². The largest absolute Gasteiger partial charge is 0.405 e. The Labute approximate surface area is 181 Å². The predicted molar refractivity (Wildman–Crippen MR) is 121 cm³/mol. The molecule has 164 valence electrons. The van der Waals surface area contributed by atoms with Crippen LogP contribution in [0.15, 0.2) is 60.7 Å². The second kappa shape index (κ2) is 9.72. The third-order valence-corrected chi connectivity index (χ3v) is 10.9. The second-order valence-electron chi connectivity index (χ2n) is 8.83. The number of benzene rings is 2. The molecular weight excluding hydrogens is 396 g/mol. The highest BCUT2D eigenvalue weighted by molar-refractivity contribution is 6.99. The molecule has 0 saturated carbocycles. The van der Waals surface area contributed by atoms with Gasteiger partial charge in [0, 0.05) is 20.6 Å². The Hall–Kier alpha value is -1.54. The van der Waals surface area contributed by atoms with Gasteiger partial charge in [-0.15, -0.1) is 0 Å². The molecule has 0 aliphatic carbocycles. The van der Waals surface area contributed by atoms with E-state index < -0.39 is 26.8 Å². The number of aliphatic hydroxyl groups is 1. The molecule has 1 N–H and O–H groups in total. The normalized spacial score (nSPS) is 25.3. The minimum absolute atomic E-state index is 0.134. The summed E-state index contributed by atoms with van der Waals surface area (Å²) in [7, 11) is 0.511. The first kappa shape index (κ1) is 23.1. The van der Waals surface area contributed by atoms with E-state index in [1.165, 1.54) is 10.4 Å².